The molecule has 0 saturated heterocycles. The first-order valence-corrected chi connectivity index (χ1v) is 4.33. The number of ether oxygens (including phenoxy) is 3. The van der Waals surface area contributed by atoms with Gasteiger partial charge in [-0.15, -0.1) is 0 Å². The minimum Gasteiger partial charge on any atom is -0.466 e. The number of esters is 2. The van der Waals surface area contributed by atoms with Gasteiger partial charge in [0.2, 0.25) is 0 Å². The van der Waals surface area contributed by atoms with Gasteiger partial charge in [0.25, 0.3) is 0 Å². The lowest BCUT2D eigenvalue weighted by molar-refractivity contribution is -0.136. The van der Waals surface area contributed by atoms with Crippen molar-refractivity contribution in [1.82, 2.24) is 0 Å². The molecule has 0 saturated carbocycles. The lowest BCUT2D eigenvalue weighted by Crippen LogP contribution is -2.04. The Balaban J connectivity index is 2.75. The monoisotopic (exact) mass is 212 g/mol. The number of methoxy groups -OCH3 is 2. The normalized spacial score (nSPS) is 17.7. The van der Waals surface area contributed by atoms with Gasteiger partial charge >= 0.3 is 11.9 Å². The smallest absolute Gasteiger partial charge is 0.337 e. The molecule has 0 spiro atoms. The van der Waals surface area contributed by atoms with Crippen molar-refractivity contribution < 1.29 is 23.8 Å². The lowest BCUT2D eigenvalue weighted by Gasteiger charge is -1.98. The van der Waals surface area contributed by atoms with E-state index in [9.17, 15) is 9.59 Å². The average Bonchev–Trinajstić information content (AvgIpc) is 2.58. The molecule has 1 rings (SSSR count). The number of hydrogen-bond acceptors (Lipinski definition) is 5. The summed E-state index contributed by atoms with van der Waals surface area (Å²) >= 11 is 0. The van der Waals surface area contributed by atoms with Crippen LogP contribution >= 0.6 is 0 Å². The van der Waals surface area contributed by atoms with Gasteiger partial charge in [-0.2, -0.15) is 0 Å². The molecule has 1 heterocycles. The van der Waals surface area contributed by atoms with Crippen LogP contribution in [0.1, 0.15) is 13.3 Å². The summed E-state index contributed by atoms with van der Waals surface area (Å²) in [6.07, 6.45) is 1.47. The fraction of sp³-hybridized carbons (Fsp3) is 0.400. The van der Waals surface area contributed by atoms with E-state index in [0.29, 0.717) is 17.1 Å². The van der Waals surface area contributed by atoms with Crippen LogP contribution in [0, 0.1) is 0 Å². The molecule has 0 aromatic carbocycles. The number of rotatable bonds is 2. The van der Waals surface area contributed by atoms with E-state index in [4.69, 9.17) is 4.74 Å². The highest BCUT2D eigenvalue weighted by molar-refractivity contribution is 5.90. The van der Waals surface area contributed by atoms with E-state index in [1.807, 2.05) is 0 Å². The van der Waals surface area contributed by atoms with Gasteiger partial charge in [-0.05, 0) is 6.92 Å². The Bertz CT molecular complexity index is 351. The maximum atomic E-state index is 11.2. The van der Waals surface area contributed by atoms with Gasteiger partial charge in [0.05, 0.1) is 25.9 Å². The second-order valence-corrected chi connectivity index (χ2v) is 2.94. The van der Waals surface area contributed by atoms with Gasteiger partial charge in [-0.1, -0.05) is 0 Å². The summed E-state index contributed by atoms with van der Waals surface area (Å²) in [5, 5.41) is 0. The maximum absolute atomic E-state index is 11.2. The zero-order chi connectivity index (χ0) is 11.4. The zero-order valence-corrected chi connectivity index (χ0v) is 8.83. The highest BCUT2D eigenvalue weighted by atomic mass is 16.5. The van der Waals surface area contributed by atoms with Crippen LogP contribution in [0.25, 0.3) is 0 Å². The van der Waals surface area contributed by atoms with Crippen LogP contribution in [0.4, 0.5) is 0 Å². The standard InChI is InChI=1S/C10H12O5/c1-6-8(10(12)14-3)4-7(15-6)5-9(11)13-2/h5H,4H2,1-3H3/b7-5+. The highest BCUT2D eigenvalue weighted by Crippen LogP contribution is 2.28. The number of carbonyl (C=O) groups is 2. The molecule has 82 valence electrons. The summed E-state index contributed by atoms with van der Waals surface area (Å²) < 4.78 is 14.2. The molecular weight excluding hydrogens is 200 g/mol. The summed E-state index contributed by atoms with van der Waals surface area (Å²) in [5.41, 5.74) is 0.424. The van der Waals surface area contributed by atoms with Crippen molar-refractivity contribution in [2.45, 2.75) is 13.3 Å². The van der Waals surface area contributed by atoms with Crippen molar-refractivity contribution >= 4 is 11.9 Å². The average molecular weight is 212 g/mol. The Kier molecular flexibility index (Phi) is 3.49. The summed E-state index contributed by atoms with van der Waals surface area (Å²) in [4.78, 5) is 22.1. The van der Waals surface area contributed by atoms with Crippen LogP contribution in [0.2, 0.25) is 0 Å². The van der Waals surface area contributed by atoms with E-state index in [0.717, 1.165) is 0 Å². The van der Waals surface area contributed by atoms with Crippen molar-refractivity contribution in [3.8, 4) is 0 Å². The Labute approximate surface area is 87.3 Å². The Morgan fingerprint density at radius 1 is 1.33 bits per heavy atom. The fourth-order valence-corrected chi connectivity index (χ4v) is 1.20. The molecule has 1 aliphatic heterocycles. The predicted molar refractivity (Wildman–Crippen MR) is 50.5 cm³/mol. The van der Waals surface area contributed by atoms with Crippen LogP contribution in [0.15, 0.2) is 23.2 Å². The van der Waals surface area contributed by atoms with Crippen LogP contribution in [-0.4, -0.2) is 26.2 Å². The minimum atomic E-state index is -0.510. The molecule has 1 aliphatic rings. The van der Waals surface area contributed by atoms with Crippen LogP contribution in [-0.2, 0) is 23.8 Å². The quantitative estimate of drug-likeness (QED) is 0.503. The molecule has 5 nitrogen and oxygen atoms in total. The predicted octanol–water partition coefficient (Wildman–Crippen LogP) is 0.911. The number of hydrogen-bond donors (Lipinski definition) is 0. The third-order valence-electron chi connectivity index (χ3n) is 1.97. The molecule has 5 heteroatoms. The van der Waals surface area contributed by atoms with Crippen LogP contribution in [0.3, 0.4) is 0 Å². The molecule has 0 unspecified atom stereocenters. The van der Waals surface area contributed by atoms with Gasteiger partial charge in [0.15, 0.2) is 0 Å². The van der Waals surface area contributed by atoms with E-state index < -0.39 is 11.9 Å². The van der Waals surface area contributed by atoms with Crippen LogP contribution in [0.5, 0.6) is 0 Å². The SMILES string of the molecule is COC(=O)/C=C1\CC(C(=O)OC)=C(C)O1. The molecule has 0 amide bonds. The number of allylic oxidation sites excluding steroid dienone is 2. The van der Waals surface area contributed by atoms with Gasteiger partial charge in [0, 0.05) is 6.42 Å². The molecule has 0 radical (unpaired) electrons. The molecule has 0 fully saturated rings. The Morgan fingerprint density at radius 2 is 2.00 bits per heavy atom. The Hall–Kier alpha value is -1.78. The van der Waals surface area contributed by atoms with Crippen molar-refractivity contribution in [1.29, 1.82) is 0 Å². The summed E-state index contributed by atoms with van der Waals surface area (Å²) in [6.45, 7) is 1.64. The first-order valence-electron chi connectivity index (χ1n) is 4.33. The first-order chi connectivity index (χ1) is 7.08. The topological polar surface area (TPSA) is 61.8 Å². The van der Waals surface area contributed by atoms with E-state index in [1.54, 1.807) is 6.92 Å². The van der Waals surface area contributed by atoms with Crippen LogP contribution < -0.4 is 0 Å². The van der Waals surface area contributed by atoms with E-state index in [2.05, 4.69) is 9.47 Å². The van der Waals surface area contributed by atoms with Crippen molar-refractivity contribution in [3.63, 3.8) is 0 Å². The summed E-state index contributed by atoms with van der Waals surface area (Å²) in [6, 6.07) is 0. The molecule has 0 bridgehead atoms. The molecule has 0 aliphatic carbocycles. The minimum absolute atomic E-state index is 0.258. The fourth-order valence-electron chi connectivity index (χ4n) is 1.20. The molecule has 0 aromatic rings. The van der Waals surface area contributed by atoms with Crippen molar-refractivity contribution in [2.75, 3.05) is 14.2 Å². The van der Waals surface area contributed by atoms with Crippen molar-refractivity contribution in [2.24, 2.45) is 0 Å². The van der Waals surface area contributed by atoms with Crippen molar-refractivity contribution in [3.05, 3.63) is 23.2 Å². The Morgan fingerprint density at radius 3 is 2.53 bits per heavy atom. The van der Waals surface area contributed by atoms with E-state index >= 15 is 0 Å². The van der Waals surface area contributed by atoms with Gasteiger partial charge in [-0.25, -0.2) is 9.59 Å². The number of carbonyl (C=O) groups excluding carboxylic acids is 2. The highest BCUT2D eigenvalue weighted by Gasteiger charge is 2.24. The largest absolute Gasteiger partial charge is 0.466 e. The first kappa shape index (κ1) is 11.3. The lowest BCUT2D eigenvalue weighted by atomic mass is 10.2. The summed E-state index contributed by atoms with van der Waals surface area (Å²) in [7, 11) is 2.57. The molecule has 0 N–H and O–H groups in total. The summed E-state index contributed by atoms with van der Waals surface area (Å²) in [5.74, 6) is -0.110. The third-order valence-corrected chi connectivity index (χ3v) is 1.97. The second kappa shape index (κ2) is 4.63. The van der Waals surface area contributed by atoms with E-state index in [1.165, 1.54) is 20.3 Å². The van der Waals surface area contributed by atoms with Gasteiger partial charge in [0.1, 0.15) is 11.5 Å². The molecule has 0 aromatic heterocycles. The van der Waals surface area contributed by atoms with Gasteiger partial charge < -0.3 is 14.2 Å². The van der Waals surface area contributed by atoms with Gasteiger partial charge in [-0.3, -0.25) is 0 Å². The second-order valence-electron chi connectivity index (χ2n) is 2.94. The molecular formula is C10H12O5. The third kappa shape index (κ3) is 2.59. The zero-order valence-electron chi connectivity index (χ0n) is 8.83. The maximum Gasteiger partial charge on any atom is 0.337 e. The van der Waals surface area contributed by atoms with E-state index in [-0.39, 0.29) is 6.42 Å². The molecule has 0 atom stereocenters. The molecule has 15 heavy (non-hydrogen) atoms.